The number of phenols is 2. The second-order valence-corrected chi connectivity index (χ2v) is 16.1. The number of hydrogen-bond acceptors (Lipinski definition) is 6. The third kappa shape index (κ3) is 7.57. The van der Waals surface area contributed by atoms with Crippen molar-refractivity contribution in [2.24, 2.45) is 0 Å². The van der Waals surface area contributed by atoms with Crippen LogP contribution in [0, 0.1) is 58.2 Å². The van der Waals surface area contributed by atoms with Crippen LogP contribution in [-0.2, 0) is 0 Å². The molecule has 70 heavy (non-hydrogen) atoms. The summed E-state index contributed by atoms with van der Waals surface area (Å²) in [6, 6.07) is 14.5. The Morgan fingerprint density at radius 2 is 0.643 bits per heavy atom. The minimum absolute atomic E-state index is 0.00353. The molecule has 0 amide bonds. The topological polar surface area (TPSA) is 104 Å². The van der Waals surface area contributed by atoms with Gasteiger partial charge < -0.3 is 30.0 Å². The molecule has 8 bridgehead atoms. The van der Waals surface area contributed by atoms with Crippen molar-refractivity contribution in [2.45, 2.75) is 27.7 Å². The molecule has 2 aliphatic rings. The average molecular weight is 969 g/mol. The Bertz CT molecular complexity index is 3270. The highest BCUT2D eigenvalue weighted by molar-refractivity contribution is 6.01. The first-order valence-corrected chi connectivity index (χ1v) is 21.9. The molecule has 7 aromatic rings. The monoisotopic (exact) mass is 968 g/mol. The predicted molar refractivity (Wildman–Crippen MR) is 251 cm³/mol. The molecule has 8 nitrogen and oxygen atoms in total. The summed E-state index contributed by atoms with van der Waals surface area (Å²) in [5.41, 5.74) is -4.04. The minimum Gasteiger partial charge on any atom is -0.507 e. The molecule has 18 heteroatoms. The summed E-state index contributed by atoms with van der Waals surface area (Å²) in [6.45, 7) is 9.76. The van der Waals surface area contributed by atoms with Crippen LogP contribution in [0.1, 0.15) is 50.5 Å². The summed E-state index contributed by atoms with van der Waals surface area (Å²) in [6.07, 6.45) is 5.10. The first kappa shape index (κ1) is 47.1. The Kier molecular flexibility index (Phi) is 12.2. The Morgan fingerprint density at radius 1 is 0.371 bits per heavy atom. The van der Waals surface area contributed by atoms with E-state index in [0.717, 1.165) is 0 Å². The standard InChI is InChI=1S/C52H38F10N6O2/c1-5-67(6-2)23-9-11-25(35(69)21-23)37-27-13-17-31(63-27)39(41-43(53)47(57)51(61)48(58)44(41)54)33-19-15-29(65-33)38(26-12-10-24(22-36(26)70)68(7-3)8-4)30-16-20-34(66-30)40(32-18-14-28(37)64-32)42-45(55)49(59)52(62)50(60)46(42)56/h9-22,63,66,69-70H,5-8H2,1-4H3. The van der Waals surface area contributed by atoms with Crippen LogP contribution in [0.2, 0.25) is 0 Å². The van der Waals surface area contributed by atoms with Crippen molar-refractivity contribution in [1.29, 1.82) is 0 Å². The van der Waals surface area contributed by atoms with Gasteiger partial charge >= 0.3 is 0 Å². The number of halogens is 10. The zero-order valence-electron chi connectivity index (χ0n) is 37.4. The summed E-state index contributed by atoms with van der Waals surface area (Å²) < 4.78 is 154. The second kappa shape index (κ2) is 18.1. The summed E-state index contributed by atoms with van der Waals surface area (Å²) in [5, 5.41) is 23.4. The Hall–Kier alpha value is -8.02. The molecule has 0 saturated heterocycles. The number of rotatable bonds is 10. The highest BCUT2D eigenvalue weighted by Gasteiger charge is 2.32. The predicted octanol–water partition coefficient (Wildman–Crippen LogP) is 13.8. The van der Waals surface area contributed by atoms with Gasteiger partial charge in [0.1, 0.15) is 11.5 Å². The van der Waals surface area contributed by atoms with Crippen molar-refractivity contribution in [3.05, 3.63) is 142 Å². The second-order valence-electron chi connectivity index (χ2n) is 16.1. The molecule has 0 fully saturated rings. The van der Waals surface area contributed by atoms with Gasteiger partial charge in [0.2, 0.25) is 11.6 Å². The Balaban J connectivity index is 1.51. The van der Waals surface area contributed by atoms with E-state index in [1.54, 1.807) is 12.1 Å². The lowest BCUT2D eigenvalue weighted by molar-refractivity contribution is 0.381. The fraction of sp³-hybridized carbons (Fsp3) is 0.154. The van der Waals surface area contributed by atoms with Gasteiger partial charge in [0.25, 0.3) is 0 Å². The van der Waals surface area contributed by atoms with Crippen LogP contribution in [0.15, 0.2) is 60.7 Å². The van der Waals surface area contributed by atoms with Crippen molar-refractivity contribution in [3.63, 3.8) is 0 Å². The van der Waals surface area contributed by atoms with Gasteiger partial charge in [0.05, 0.1) is 33.9 Å². The molecule has 0 radical (unpaired) electrons. The van der Waals surface area contributed by atoms with Crippen LogP contribution in [0.4, 0.5) is 55.3 Å². The van der Waals surface area contributed by atoms with Gasteiger partial charge in [0, 0.05) is 105 Å². The van der Waals surface area contributed by atoms with Gasteiger partial charge in [-0.25, -0.2) is 53.9 Å². The maximum Gasteiger partial charge on any atom is 0.200 e. The maximum atomic E-state index is 16.1. The van der Waals surface area contributed by atoms with Gasteiger partial charge in [0.15, 0.2) is 46.5 Å². The van der Waals surface area contributed by atoms with E-state index in [2.05, 4.69) is 19.9 Å². The fourth-order valence-electron chi connectivity index (χ4n) is 8.98. The SMILES string of the molecule is CCN(CC)c1ccc(-c2c3nc(c(-c4c(F)c(F)c(F)c(F)c4F)c4ccc([nH]4)c(-c4ccc(N(CC)CC)cc4O)c4nc(c(-c5c(F)c(F)c(F)c(F)c5F)c5ccc2[nH]5)C=C4)C=C3)c(O)c1. The first-order valence-electron chi connectivity index (χ1n) is 21.9. The quantitative estimate of drug-likeness (QED) is 0.0618. The highest BCUT2D eigenvalue weighted by atomic mass is 19.2. The summed E-state index contributed by atoms with van der Waals surface area (Å²) >= 11 is 0. The molecule has 0 saturated carbocycles. The van der Waals surface area contributed by atoms with Crippen LogP contribution in [0.3, 0.4) is 0 Å². The fourth-order valence-corrected chi connectivity index (χ4v) is 8.98. The molecular weight excluding hydrogens is 931 g/mol. The number of fused-ring (bicyclic) bond motifs is 8. The largest absolute Gasteiger partial charge is 0.507 e. The van der Waals surface area contributed by atoms with E-state index in [-0.39, 0.29) is 78.6 Å². The average Bonchev–Trinajstić information content (AvgIpc) is 4.21. The molecule has 358 valence electrons. The van der Waals surface area contributed by atoms with E-state index in [1.807, 2.05) is 37.5 Å². The Morgan fingerprint density at radius 3 is 0.929 bits per heavy atom. The number of H-pyrrole nitrogens is 2. The zero-order chi connectivity index (χ0) is 50.0. The molecule has 4 N–H and O–H groups in total. The molecule has 0 unspecified atom stereocenters. The Labute approximate surface area is 392 Å². The van der Waals surface area contributed by atoms with Crippen molar-refractivity contribution in [2.75, 3.05) is 36.0 Å². The van der Waals surface area contributed by atoms with Crippen LogP contribution >= 0.6 is 0 Å². The molecule has 2 aliphatic heterocycles. The molecule has 0 spiro atoms. The van der Waals surface area contributed by atoms with Crippen LogP contribution in [0.5, 0.6) is 11.5 Å². The molecule has 3 aromatic heterocycles. The molecule has 0 atom stereocenters. The van der Waals surface area contributed by atoms with Gasteiger partial charge in [-0.15, -0.1) is 0 Å². The molecule has 5 heterocycles. The van der Waals surface area contributed by atoms with Crippen molar-refractivity contribution < 1.29 is 54.1 Å². The van der Waals surface area contributed by atoms with Crippen LogP contribution in [-0.4, -0.2) is 56.3 Å². The molecule has 0 aliphatic carbocycles. The summed E-state index contributed by atoms with van der Waals surface area (Å²) in [7, 11) is 0. The lowest BCUT2D eigenvalue weighted by Crippen LogP contribution is -2.21. The number of nitrogens with zero attached hydrogens (tertiary/aromatic N) is 4. The van der Waals surface area contributed by atoms with Crippen molar-refractivity contribution in [3.8, 4) is 56.0 Å². The number of nitrogens with one attached hydrogen (secondary N) is 2. The number of benzene rings is 4. The van der Waals surface area contributed by atoms with Crippen molar-refractivity contribution >= 4 is 57.7 Å². The number of aromatic amines is 2. The highest BCUT2D eigenvalue weighted by Crippen LogP contribution is 2.45. The third-order valence-corrected chi connectivity index (χ3v) is 12.4. The summed E-state index contributed by atoms with van der Waals surface area (Å²) in [5.74, 6) is -23.2. The smallest absolute Gasteiger partial charge is 0.200 e. The van der Waals surface area contributed by atoms with Crippen molar-refractivity contribution in [1.82, 2.24) is 19.9 Å². The van der Waals surface area contributed by atoms with Gasteiger partial charge in [-0.1, -0.05) is 0 Å². The van der Waals surface area contributed by atoms with E-state index >= 15 is 35.1 Å². The van der Waals surface area contributed by atoms with E-state index in [4.69, 9.17) is 0 Å². The minimum atomic E-state index is -2.41. The number of aromatic hydroxyl groups is 2. The van der Waals surface area contributed by atoms with E-state index < -0.39 is 80.4 Å². The lowest BCUT2D eigenvalue weighted by Gasteiger charge is -2.21. The van der Waals surface area contributed by atoms with Gasteiger partial charge in [-0.2, -0.15) is 0 Å². The van der Waals surface area contributed by atoms with Crippen LogP contribution < -0.4 is 9.80 Å². The molecule has 4 aromatic carbocycles. The molecule has 9 rings (SSSR count). The third-order valence-electron chi connectivity index (χ3n) is 12.4. The first-order chi connectivity index (χ1) is 33.5. The number of hydrogen-bond donors (Lipinski definition) is 4. The van der Waals surface area contributed by atoms with E-state index in [0.29, 0.717) is 37.6 Å². The maximum absolute atomic E-state index is 16.1. The van der Waals surface area contributed by atoms with E-state index in [1.165, 1.54) is 72.8 Å². The number of aromatic nitrogens is 4. The summed E-state index contributed by atoms with van der Waals surface area (Å²) in [4.78, 5) is 19.1. The van der Waals surface area contributed by atoms with Crippen LogP contribution in [0.25, 0.3) is 90.9 Å². The lowest BCUT2D eigenvalue weighted by atomic mass is 10.0. The van der Waals surface area contributed by atoms with E-state index in [9.17, 15) is 19.0 Å². The number of phenolic OH excluding ortho intramolecular Hbond substituents is 2. The zero-order valence-corrected chi connectivity index (χ0v) is 37.4. The normalized spacial score (nSPS) is 12.1. The number of anilines is 2. The van der Waals surface area contributed by atoms with Gasteiger partial charge in [-0.3, -0.25) is 0 Å². The van der Waals surface area contributed by atoms with Gasteiger partial charge in [-0.05, 0) is 101 Å². The molecular formula is C52H38F10N6O2.